The third-order valence-corrected chi connectivity index (χ3v) is 5.11. The van der Waals surface area contributed by atoms with Gasteiger partial charge in [-0.15, -0.1) is 11.3 Å². The summed E-state index contributed by atoms with van der Waals surface area (Å²) < 4.78 is 10.7. The second kappa shape index (κ2) is 9.41. The fourth-order valence-electron chi connectivity index (χ4n) is 2.71. The Balaban J connectivity index is 2.14. The van der Waals surface area contributed by atoms with Crippen molar-refractivity contribution in [3.63, 3.8) is 0 Å². The lowest BCUT2D eigenvalue weighted by atomic mass is 10.0. The van der Waals surface area contributed by atoms with Gasteiger partial charge in [-0.1, -0.05) is 19.9 Å². The van der Waals surface area contributed by atoms with E-state index in [0.717, 1.165) is 5.56 Å². The lowest BCUT2D eigenvalue weighted by Gasteiger charge is -2.25. The molecule has 1 aromatic carbocycles. The Morgan fingerprint density at radius 3 is 2.33 bits per heavy atom. The van der Waals surface area contributed by atoms with E-state index in [0.29, 0.717) is 16.4 Å². The summed E-state index contributed by atoms with van der Waals surface area (Å²) in [7, 11) is 3.17. The van der Waals surface area contributed by atoms with Crippen molar-refractivity contribution in [1.29, 1.82) is 0 Å². The van der Waals surface area contributed by atoms with Crippen molar-refractivity contribution in [3.8, 4) is 11.5 Å². The summed E-state index contributed by atoms with van der Waals surface area (Å²) in [4.78, 5) is 25.8. The molecule has 2 atom stereocenters. The number of rotatable bonds is 8. The molecule has 0 spiro atoms. The molecule has 0 aliphatic carbocycles. The van der Waals surface area contributed by atoms with Crippen LogP contribution < -0.4 is 20.1 Å². The Morgan fingerprint density at radius 2 is 1.78 bits per heavy atom. The highest BCUT2D eigenvalue weighted by Gasteiger charge is 2.27. The van der Waals surface area contributed by atoms with Gasteiger partial charge in [-0.2, -0.15) is 0 Å². The highest BCUT2D eigenvalue weighted by atomic mass is 32.1. The van der Waals surface area contributed by atoms with Crippen LogP contribution in [-0.4, -0.2) is 32.1 Å². The second-order valence-corrected chi connectivity index (χ2v) is 7.46. The van der Waals surface area contributed by atoms with Crippen molar-refractivity contribution in [2.45, 2.75) is 32.9 Å². The molecule has 0 saturated heterocycles. The standard InChI is InChI=1S/C20H26N2O4S/c1-12(2)18(22-19(23)17-7-6-10-27-17)20(24)21-13(3)15-11-14(25-4)8-9-16(15)26-5/h6-13,18H,1-5H3,(H,21,24)(H,22,23). The first kappa shape index (κ1) is 20.8. The minimum Gasteiger partial charge on any atom is -0.497 e. The molecule has 2 rings (SSSR count). The van der Waals surface area contributed by atoms with Crippen LogP contribution in [0.2, 0.25) is 0 Å². The smallest absolute Gasteiger partial charge is 0.262 e. The minimum atomic E-state index is -0.640. The van der Waals surface area contributed by atoms with Crippen molar-refractivity contribution >= 4 is 23.2 Å². The quantitative estimate of drug-likeness (QED) is 0.724. The van der Waals surface area contributed by atoms with E-state index in [-0.39, 0.29) is 23.8 Å². The summed E-state index contributed by atoms with van der Waals surface area (Å²) in [5.74, 6) is 0.789. The first-order chi connectivity index (χ1) is 12.9. The molecule has 0 aliphatic heterocycles. The molecular weight excluding hydrogens is 364 g/mol. The highest BCUT2D eigenvalue weighted by Crippen LogP contribution is 2.29. The van der Waals surface area contributed by atoms with E-state index in [1.165, 1.54) is 11.3 Å². The van der Waals surface area contributed by atoms with Gasteiger partial charge in [-0.05, 0) is 42.5 Å². The summed E-state index contributed by atoms with van der Waals surface area (Å²) in [5.41, 5.74) is 0.803. The number of ether oxygens (including phenoxy) is 2. The Hall–Kier alpha value is -2.54. The third-order valence-electron chi connectivity index (χ3n) is 4.24. The van der Waals surface area contributed by atoms with Gasteiger partial charge < -0.3 is 20.1 Å². The number of benzene rings is 1. The maximum atomic E-state index is 12.8. The number of hydrogen-bond acceptors (Lipinski definition) is 5. The molecule has 7 heteroatoms. The van der Waals surface area contributed by atoms with Gasteiger partial charge in [-0.25, -0.2) is 0 Å². The number of thiophene rings is 1. The summed E-state index contributed by atoms with van der Waals surface area (Å²) in [5, 5.41) is 7.63. The molecular formula is C20H26N2O4S. The zero-order valence-corrected chi connectivity index (χ0v) is 17.1. The first-order valence-corrected chi connectivity index (χ1v) is 9.62. The van der Waals surface area contributed by atoms with Crippen LogP contribution in [0.5, 0.6) is 11.5 Å². The molecule has 1 heterocycles. The third kappa shape index (κ3) is 5.23. The fraction of sp³-hybridized carbons (Fsp3) is 0.400. The van der Waals surface area contributed by atoms with Gasteiger partial charge in [0.1, 0.15) is 17.5 Å². The van der Waals surface area contributed by atoms with Crippen molar-refractivity contribution < 1.29 is 19.1 Å². The van der Waals surface area contributed by atoms with E-state index in [9.17, 15) is 9.59 Å². The van der Waals surface area contributed by atoms with E-state index in [1.807, 2.05) is 32.2 Å². The lowest BCUT2D eigenvalue weighted by Crippen LogP contribution is -2.50. The molecule has 0 aliphatic rings. The van der Waals surface area contributed by atoms with Crippen molar-refractivity contribution in [3.05, 3.63) is 46.2 Å². The van der Waals surface area contributed by atoms with Crippen molar-refractivity contribution in [2.75, 3.05) is 14.2 Å². The van der Waals surface area contributed by atoms with Crippen molar-refractivity contribution in [2.24, 2.45) is 5.92 Å². The van der Waals surface area contributed by atoms with Gasteiger partial charge in [0, 0.05) is 5.56 Å². The zero-order valence-electron chi connectivity index (χ0n) is 16.2. The van der Waals surface area contributed by atoms with Crippen LogP contribution >= 0.6 is 11.3 Å². The molecule has 146 valence electrons. The Bertz CT molecular complexity index is 774. The molecule has 6 nitrogen and oxygen atoms in total. The van der Waals surface area contributed by atoms with Gasteiger partial charge >= 0.3 is 0 Å². The van der Waals surface area contributed by atoms with E-state index in [2.05, 4.69) is 10.6 Å². The van der Waals surface area contributed by atoms with E-state index in [4.69, 9.17) is 9.47 Å². The Labute approximate surface area is 163 Å². The largest absolute Gasteiger partial charge is 0.497 e. The normalized spacial score (nSPS) is 13.0. The summed E-state index contributed by atoms with van der Waals surface area (Å²) in [6.45, 7) is 5.67. The highest BCUT2D eigenvalue weighted by molar-refractivity contribution is 7.12. The molecule has 27 heavy (non-hydrogen) atoms. The lowest BCUT2D eigenvalue weighted by molar-refractivity contribution is -0.124. The molecule has 2 amide bonds. The Morgan fingerprint density at radius 1 is 1.04 bits per heavy atom. The van der Waals surface area contributed by atoms with Gasteiger partial charge in [0.2, 0.25) is 5.91 Å². The zero-order chi connectivity index (χ0) is 20.0. The van der Waals surface area contributed by atoms with Crippen LogP contribution in [0.25, 0.3) is 0 Å². The first-order valence-electron chi connectivity index (χ1n) is 8.74. The average Bonchev–Trinajstić information content (AvgIpc) is 3.19. The van der Waals surface area contributed by atoms with Crippen molar-refractivity contribution in [1.82, 2.24) is 10.6 Å². The van der Waals surface area contributed by atoms with Crippen LogP contribution in [0, 0.1) is 5.92 Å². The maximum Gasteiger partial charge on any atom is 0.262 e. The maximum absolute atomic E-state index is 12.8. The molecule has 0 radical (unpaired) electrons. The molecule has 0 fully saturated rings. The molecule has 0 bridgehead atoms. The van der Waals surface area contributed by atoms with Crippen LogP contribution in [0.3, 0.4) is 0 Å². The predicted octanol–water partition coefficient (Wildman–Crippen LogP) is 3.40. The monoisotopic (exact) mass is 390 g/mol. The van der Waals surface area contributed by atoms with Crippen LogP contribution in [0.15, 0.2) is 35.7 Å². The van der Waals surface area contributed by atoms with E-state index >= 15 is 0 Å². The fourth-order valence-corrected chi connectivity index (χ4v) is 3.34. The molecule has 2 unspecified atom stereocenters. The summed E-state index contributed by atoms with van der Waals surface area (Å²) in [6.07, 6.45) is 0. The average molecular weight is 391 g/mol. The number of carbonyl (C=O) groups is 2. The Kier molecular flexibility index (Phi) is 7.24. The van der Waals surface area contributed by atoms with Crippen LogP contribution in [-0.2, 0) is 4.79 Å². The number of methoxy groups -OCH3 is 2. The van der Waals surface area contributed by atoms with Crippen LogP contribution in [0.1, 0.15) is 42.0 Å². The molecule has 2 N–H and O–H groups in total. The molecule has 1 aromatic heterocycles. The summed E-state index contributed by atoms with van der Waals surface area (Å²) in [6, 6.07) is 8.02. The predicted molar refractivity (Wildman–Crippen MR) is 107 cm³/mol. The molecule has 2 aromatic rings. The van der Waals surface area contributed by atoms with E-state index < -0.39 is 6.04 Å². The van der Waals surface area contributed by atoms with Gasteiger partial charge in [0.25, 0.3) is 5.91 Å². The SMILES string of the molecule is COc1ccc(OC)c(C(C)NC(=O)C(NC(=O)c2cccs2)C(C)C)c1. The number of hydrogen-bond donors (Lipinski definition) is 2. The van der Waals surface area contributed by atoms with Gasteiger partial charge in [0.05, 0.1) is 25.1 Å². The minimum absolute atomic E-state index is 0.0617. The van der Waals surface area contributed by atoms with E-state index in [1.54, 1.807) is 38.5 Å². The van der Waals surface area contributed by atoms with Gasteiger partial charge in [0.15, 0.2) is 0 Å². The second-order valence-electron chi connectivity index (χ2n) is 6.51. The summed E-state index contributed by atoms with van der Waals surface area (Å²) >= 11 is 1.34. The molecule has 0 saturated carbocycles. The van der Waals surface area contributed by atoms with Crippen LogP contribution in [0.4, 0.5) is 0 Å². The number of carbonyl (C=O) groups excluding carboxylic acids is 2. The van der Waals surface area contributed by atoms with Gasteiger partial charge in [-0.3, -0.25) is 9.59 Å². The number of amides is 2. The number of nitrogens with one attached hydrogen (secondary N) is 2. The topological polar surface area (TPSA) is 76.7 Å².